The number of pyridine rings is 3. The number of nitrogens with zero attached hydrogens (tertiary/aromatic N) is 9. The van der Waals surface area contributed by atoms with E-state index in [9.17, 15) is 0 Å². The fraction of sp³-hybridized carbons (Fsp3) is 0.689. The van der Waals surface area contributed by atoms with Crippen LogP contribution in [0.5, 0.6) is 0 Å². The molecule has 1 unspecified atom stereocenters. The van der Waals surface area contributed by atoms with Crippen LogP contribution in [-0.2, 0) is 14.2 Å². The van der Waals surface area contributed by atoms with Crippen molar-refractivity contribution in [1.29, 1.82) is 0 Å². The van der Waals surface area contributed by atoms with E-state index in [4.69, 9.17) is 29.2 Å². The largest absolute Gasteiger partial charge is 0.380 e. The first-order valence-electron chi connectivity index (χ1n) is 34.4. The normalized spacial score (nSPS) is 23.8. The standard InChI is InChI=1S/2C24H39N3OSi.C24H37N3OSi.2CH4/c3*1-24(2,3)29(4,5)27-13-11-20-17-21(18-25-23(20)27)19-7-9-22(10-8-19)26-12-6-15-28-16-14-26;;/h2*11,13,17-19,22H,6-10,12,14-16H2,1-5H3;7,11,13,17-18,22H,6,8-10,12,14-16H2,1-5H3;2*1H4. The summed E-state index contributed by atoms with van der Waals surface area (Å²) in [6.45, 7) is 48.4. The highest BCUT2D eigenvalue weighted by Gasteiger charge is 2.41. The Labute approximate surface area is 543 Å². The fourth-order valence-electron chi connectivity index (χ4n) is 14.5. The van der Waals surface area contributed by atoms with Crippen molar-refractivity contribution in [3.05, 3.63) is 96.3 Å². The number of hydrogen-bond donors (Lipinski definition) is 0. The van der Waals surface area contributed by atoms with Gasteiger partial charge >= 0.3 is 0 Å². The highest BCUT2D eigenvalue weighted by Crippen LogP contribution is 2.44. The van der Waals surface area contributed by atoms with Crippen LogP contribution in [0.15, 0.2) is 79.7 Å². The lowest BCUT2D eigenvalue weighted by Crippen LogP contribution is -2.45. The molecule has 15 heteroatoms. The van der Waals surface area contributed by atoms with Crippen molar-refractivity contribution in [3.63, 3.8) is 0 Å². The van der Waals surface area contributed by atoms with E-state index in [0.717, 1.165) is 89.8 Å². The van der Waals surface area contributed by atoms with Crippen LogP contribution in [0.1, 0.15) is 196 Å². The van der Waals surface area contributed by atoms with Crippen LogP contribution in [0.3, 0.4) is 0 Å². The topological polar surface area (TPSA) is 90.9 Å². The van der Waals surface area contributed by atoms with Crippen molar-refractivity contribution in [2.75, 3.05) is 78.9 Å². The Bertz CT molecular complexity index is 3070. The Kier molecular flexibility index (Phi) is 23.7. The molecule has 3 aliphatic heterocycles. The first-order valence-corrected chi connectivity index (χ1v) is 43.2. The third-order valence-electron chi connectivity index (χ3n) is 23.3. The van der Waals surface area contributed by atoms with E-state index >= 15 is 0 Å². The summed E-state index contributed by atoms with van der Waals surface area (Å²) in [6, 6.07) is 16.2. The smallest absolute Gasteiger partial charge is 0.163 e. The summed E-state index contributed by atoms with van der Waals surface area (Å²) >= 11 is 0. The minimum Gasteiger partial charge on any atom is -0.380 e. The van der Waals surface area contributed by atoms with Crippen molar-refractivity contribution in [1.82, 2.24) is 42.3 Å². The van der Waals surface area contributed by atoms with Crippen LogP contribution < -0.4 is 0 Å². The predicted molar refractivity (Wildman–Crippen MR) is 387 cm³/mol. The van der Waals surface area contributed by atoms with Gasteiger partial charge in [-0.3, -0.25) is 14.7 Å². The molecule has 1 atom stereocenters. The summed E-state index contributed by atoms with van der Waals surface area (Å²) in [7, 11) is -4.95. The minimum absolute atomic E-state index is 0. The maximum absolute atomic E-state index is 5.64. The molecule has 6 aromatic rings. The Morgan fingerprint density at radius 3 is 1.11 bits per heavy atom. The minimum atomic E-state index is -1.66. The van der Waals surface area contributed by atoms with Crippen molar-refractivity contribution < 1.29 is 14.2 Å². The molecule has 0 radical (unpaired) electrons. The molecule has 12 nitrogen and oxygen atoms in total. The summed E-state index contributed by atoms with van der Waals surface area (Å²) in [4.78, 5) is 22.9. The van der Waals surface area contributed by atoms with E-state index in [-0.39, 0.29) is 14.9 Å². The molecular formula is C74H123N9O3Si3. The molecule has 2 saturated carbocycles. The van der Waals surface area contributed by atoms with Crippen LogP contribution in [0.25, 0.3) is 38.7 Å². The van der Waals surface area contributed by atoms with Crippen molar-refractivity contribution >= 4 is 63.4 Å². The highest BCUT2D eigenvalue weighted by atomic mass is 28.3. The maximum atomic E-state index is 5.64. The van der Waals surface area contributed by atoms with Crippen LogP contribution in [0, 0.1) is 0 Å². The predicted octanol–water partition coefficient (Wildman–Crippen LogP) is 18.1. The molecule has 494 valence electrons. The van der Waals surface area contributed by atoms with Gasteiger partial charge in [-0.15, -0.1) is 0 Å². The lowest BCUT2D eigenvalue weighted by Gasteiger charge is -2.38. The van der Waals surface area contributed by atoms with Crippen LogP contribution in [0.4, 0.5) is 0 Å². The SMILES string of the molecule is C.C.CC(C)(C)[Si](C)(C)n1ccc2cc(C3=CCC(N4CCCOCC4)CC3)cnc21.CC(C)(C)[Si](C)(C)n1ccc2cc(C3CCC(N4CCCOCC4)CC3)cnc21.CC(C)(C)[Si](C)(C)n1ccc2cc(C3CCC(N4CCCOCC4)CC3)cnc21. The van der Waals surface area contributed by atoms with Gasteiger partial charge in [-0.05, 0) is 194 Å². The zero-order valence-corrected chi connectivity index (χ0v) is 60.0. The van der Waals surface area contributed by atoms with Crippen molar-refractivity contribution in [2.24, 2.45) is 0 Å². The number of aromatic nitrogens is 6. The van der Waals surface area contributed by atoms with Gasteiger partial charge in [0.25, 0.3) is 0 Å². The van der Waals surface area contributed by atoms with E-state index in [1.807, 2.05) is 0 Å². The van der Waals surface area contributed by atoms with E-state index in [0.29, 0.717) is 33.0 Å². The molecule has 0 aromatic carbocycles. The van der Waals surface area contributed by atoms with Gasteiger partial charge in [0.2, 0.25) is 0 Å². The molecule has 89 heavy (non-hydrogen) atoms. The lowest BCUT2D eigenvalue weighted by molar-refractivity contribution is 0.118. The Morgan fingerprint density at radius 2 is 0.764 bits per heavy atom. The number of rotatable bonds is 9. The van der Waals surface area contributed by atoms with Gasteiger partial charge in [0, 0.05) is 112 Å². The Morgan fingerprint density at radius 1 is 0.416 bits per heavy atom. The van der Waals surface area contributed by atoms with E-state index in [1.165, 1.54) is 146 Å². The Balaban J connectivity index is 0.000000171. The molecule has 0 amide bonds. The molecule has 3 saturated heterocycles. The molecular weight excluding hydrogens is 1150 g/mol. The van der Waals surface area contributed by atoms with Crippen molar-refractivity contribution in [3.8, 4) is 0 Å². The second-order valence-electron chi connectivity index (χ2n) is 31.7. The second-order valence-corrected chi connectivity index (χ2v) is 47.0. The summed E-state index contributed by atoms with van der Waals surface area (Å²) in [5.41, 5.74) is 9.19. The summed E-state index contributed by atoms with van der Waals surface area (Å²) < 4.78 is 24.4. The summed E-state index contributed by atoms with van der Waals surface area (Å²) in [5.74, 6) is 1.34. The third kappa shape index (κ3) is 16.1. The number of allylic oxidation sites excluding steroid dienone is 1. The monoisotopic (exact) mass is 1270 g/mol. The van der Waals surface area contributed by atoms with Gasteiger partial charge < -0.3 is 26.9 Å². The molecule has 0 bridgehead atoms. The first-order chi connectivity index (χ1) is 41.3. The lowest BCUT2D eigenvalue weighted by atomic mass is 9.81. The maximum Gasteiger partial charge on any atom is 0.163 e. The molecule has 0 N–H and O–H groups in total. The third-order valence-corrected chi connectivity index (χ3v) is 39.1. The fourth-order valence-corrected chi connectivity index (χ4v) is 20.2. The van der Waals surface area contributed by atoms with Gasteiger partial charge in [-0.25, -0.2) is 15.0 Å². The van der Waals surface area contributed by atoms with E-state index in [2.05, 4.69) is 209 Å². The molecule has 0 spiro atoms. The summed E-state index contributed by atoms with van der Waals surface area (Å²) in [5, 5.41) is 4.81. The van der Waals surface area contributed by atoms with Crippen LogP contribution in [0.2, 0.25) is 54.4 Å². The van der Waals surface area contributed by atoms with Crippen molar-refractivity contribution in [2.45, 2.75) is 251 Å². The van der Waals surface area contributed by atoms with Gasteiger partial charge in [-0.1, -0.05) is 123 Å². The first kappa shape index (κ1) is 71.1. The molecule has 6 aromatic heterocycles. The summed E-state index contributed by atoms with van der Waals surface area (Å²) in [6.07, 6.45) is 33.3. The zero-order valence-electron chi connectivity index (χ0n) is 57.0. The average molecular weight is 1270 g/mol. The molecule has 9 heterocycles. The van der Waals surface area contributed by atoms with Crippen LogP contribution >= 0.6 is 0 Å². The average Bonchev–Trinajstić information content (AvgIpc) is 1.88. The highest BCUT2D eigenvalue weighted by molar-refractivity contribution is 6.80. The molecule has 6 aliphatic rings. The van der Waals surface area contributed by atoms with E-state index < -0.39 is 24.7 Å². The Hall–Kier alpha value is -3.78. The second kappa shape index (κ2) is 29.7. The molecule has 12 rings (SSSR count). The number of fused-ring (bicyclic) bond motifs is 3. The number of hydrogen-bond acceptors (Lipinski definition) is 9. The van der Waals surface area contributed by atoms with Gasteiger partial charge in [-0.2, -0.15) is 0 Å². The van der Waals surface area contributed by atoms with Crippen LogP contribution in [-0.4, -0.2) is 164 Å². The van der Waals surface area contributed by atoms with Gasteiger partial charge in [0.05, 0.1) is 19.8 Å². The number of ether oxygens (including phenoxy) is 3. The van der Waals surface area contributed by atoms with Gasteiger partial charge in [0.1, 0.15) is 16.9 Å². The molecule has 5 fully saturated rings. The quantitative estimate of drug-likeness (QED) is 0.131. The van der Waals surface area contributed by atoms with E-state index in [1.54, 1.807) is 0 Å². The zero-order chi connectivity index (χ0) is 61.9. The van der Waals surface area contributed by atoms with Gasteiger partial charge in [0.15, 0.2) is 24.7 Å². The molecule has 3 aliphatic carbocycles.